The number of hydrogen-bond donors (Lipinski definition) is 1. The molecule has 0 heterocycles. The highest BCUT2D eigenvalue weighted by Crippen LogP contribution is 2.20. The van der Waals surface area contributed by atoms with Gasteiger partial charge in [-0.3, -0.25) is 10.4 Å². The first-order valence-electron chi connectivity index (χ1n) is 10.2. The van der Waals surface area contributed by atoms with Crippen molar-refractivity contribution in [2.45, 2.75) is 6.54 Å². The van der Waals surface area contributed by atoms with Gasteiger partial charge in [-0.15, -0.1) is 0 Å². The van der Waals surface area contributed by atoms with Crippen LogP contribution in [0.4, 0.5) is 14.5 Å². The Morgan fingerprint density at radius 2 is 1.25 bits per heavy atom. The fraction of sp³-hybridized carbons (Fsp3) is 0.0370. The summed E-state index contributed by atoms with van der Waals surface area (Å²) in [4.78, 5) is 4.39. The molecule has 0 unspecified atom stereocenters. The Bertz CT molecular complexity index is 1130. The van der Waals surface area contributed by atoms with Gasteiger partial charge in [0.2, 0.25) is 0 Å². The molecule has 0 spiro atoms. The van der Waals surface area contributed by atoms with E-state index in [0.717, 1.165) is 27.8 Å². The molecule has 4 aromatic carbocycles. The van der Waals surface area contributed by atoms with Crippen LogP contribution in [0.1, 0.15) is 16.7 Å². The predicted octanol–water partition coefficient (Wildman–Crippen LogP) is 6.70. The Morgan fingerprint density at radius 3 is 1.88 bits per heavy atom. The fourth-order valence-corrected chi connectivity index (χ4v) is 3.15. The number of nitrogens with one attached hydrogen (secondary N) is 1. The molecule has 4 rings (SSSR count). The summed E-state index contributed by atoms with van der Waals surface area (Å²) in [5.41, 5.74) is 8.34. The maximum atomic E-state index is 13.2. The van der Waals surface area contributed by atoms with E-state index in [2.05, 4.69) is 15.5 Å². The van der Waals surface area contributed by atoms with Crippen LogP contribution in [-0.2, 0) is 6.54 Å². The van der Waals surface area contributed by atoms with Crippen molar-refractivity contribution in [3.8, 4) is 11.1 Å². The van der Waals surface area contributed by atoms with E-state index in [1.807, 2.05) is 54.6 Å². The monoisotopic (exact) mass is 425 g/mol. The predicted molar refractivity (Wildman–Crippen MR) is 127 cm³/mol. The zero-order valence-electron chi connectivity index (χ0n) is 17.2. The third-order valence-electron chi connectivity index (χ3n) is 4.79. The van der Waals surface area contributed by atoms with Gasteiger partial charge in [0.15, 0.2) is 0 Å². The number of rotatable bonds is 7. The lowest BCUT2D eigenvalue weighted by Gasteiger charge is -2.04. The van der Waals surface area contributed by atoms with Crippen molar-refractivity contribution in [1.29, 1.82) is 0 Å². The number of aliphatic imine (C=N–C) groups is 1. The van der Waals surface area contributed by atoms with Crippen LogP contribution in [0.2, 0.25) is 0 Å². The van der Waals surface area contributed by atoms with Gasteiger partial charge in [0.05, 0.1) is 18.4 Å². The summed E-state index contributed by atoms with van der Waals surface area (Å²) in [7, 11) is 0. The molecule has 0 aliphatic rings. The van der Waals surface area contributed by atoms with Gasteiger partial charge in [-0.05, 0) is 58.1 Å². The van der Waals surface area contributed by atoms with E-state index in [0.29, 0.717) is 12.2 Å². The fourth-order valence-electron chi connectivity index (χ4n) is 3.15. The maximum absolute atomic E-state index is 13.2. The lowest BCUT2D eigenvalue weighted by molar-refractivity contribution is 0.625. The van der Waals surface area contributed by atoms with Crippen LogP contribution in [-0.4, -0.2) is 12.4 Å². The number of benzene rings is 4. The molecule has 0 aliphatic heterocycles. The second-order valence-electron chi connectivity index (χ2n) is 7.22. The van der Waals surface area contributed by atoms with Gasteiger partial charge in [0.1, 0.15) is 11.6 Å². The average Bonchev–Trinajstić information content (AvgIpc) is 2.80. The highest BCUT2D eigenvalue weighted by atomic mass is 19.1. The van der Waals surface area contributed by atoms with Crippen molar-refractivity contribution in [3.63, 3.8) is 0 Å². The van der Waals surface area contributed by atoms with Gasteiger partial charge in [0.25, 0.3) is 0 Å². The molecular formula is C27H21F2N3. The molecule has 0 fully saturated rings. The Labute approximate surface area is 185 Å². The molecular weight excluding hydrogens is 404 g/mol. The zero-order valence-corrected chi connectivity index (χ0v) is 17.2. The largest absolute Gasteiger partial charge is 0.288 e. The third-order valence-corrected chi connectivity index (χ3v) is 4.79. The number of hydrogen-bond acceptors (Lipinski definition) is 3. The highest BCUT2D eigenvalue weighted by molar-refractivity contribution is 5.83. The van der Waals surface area contributed by atoms with Gasteiger partial charge < -0.3 is 0 Å². The highest BCUT2D eigenvalue weighted by Gasteiger charge is 1.99. The van der Waals surface area contributed by atoms with Gasteiger partial charge in [-0.1, -0.05) is 66.7 Å². The summed E-state index contributed by atoms with van der Waals surface area (Å²) < 4.78 is 26.4. The summed E-state index contributed by atoms with van der Waals surface area (Å²) in [6.07, 6.45) is 3.48. The lowest BCUT2D eigenvalue weighted by Crippen LogP contribution is -1.91. The number of anilines is 1. The topological polar surface area (TPSA) is 36.8 Å². The van der Waals surface area contributed by atoms with Crippen LogP contribution < -0.4 is 5.43 Å². The number of nitrogens with zero attached hydrogens (tertiary/aromatic N) is 2. The van der Waals surface area contributed by atoms with Crippen molar-refractivity contribution in [2.24, 2.45) is 10.1 Å². The van der Waals surface area contributed by atoms with Crippen LogP contribution >= 0.6 is 0 Å². The minimum absolute atomic E-state index is 0.248. The van der Waals surface area contributed by atoms with Crippen molar-refractivity contribution in [3.05, 3.63) is 125 Å². The van der Waals surface area contributed by atoms with Crippen molar-refractivity contribution in [2.75, 3.05) is 5.43 Å². The van der Waals surface area contributed by atoms with Crippen LogP contribution in [0.25, 0.3) is 11.1 Å². The minimum Gasteiger partial charge on any atom is -0.288 e. The summed E-state index contributed by atoms with van der Waals surface area (Å²) in [5.74, 6) is -0.555. The summed E-state index contributed by atoms with van der Waals surface area (Å²) in [6, 6.07) is 28.7. The van der Waals surface area contributed by atoms with E-state index in [1.165, 1.54) is 24.3 Å². The molecule has 0 aromatic heterocycles. The molecule has 4 aromatic rings. The Morgan fingerprint density at radius 1 is 0.656 bits per heavy atom. The molecule has 0 aliphatic carbocycles. The van der Waals surface area contributed by atoms with Crippen LogP contribution in [0.5, 0.6) is 0 Å². The standard InChI is InChI=1S/C27H21F2N3/c28-25-4-1-3-22(15-25)18-30-17-20-7-11-23(12-8-20)24-13-9-21(10-14-24)19-31-32-27-6-2-5-26(29)16-27/h1-17,19,32H,18H2/b30-17?,31-19+. The lowest BCUT2D eigenvalue weighted by atomic mass is 10.0. The molecule has 0 bridgehead atoms. The molecule has 1 N–H and O–H groups in total. The second kappa shape index (κ2) is 10.3. The van der Waals surface area contributed by atoms with Crippen LogP contribution in [0.15, 0.2) is 107 Å². The molecule has 0 amide bonds. The minimum atomic E-state index is -0.307. The quantitative estimate of drug-likeness (QED) is 0.260. The molecule has 0 saturated heterocycles. The second-order valence-corrected chi connectivity index (χ2v) is 7.22. The van der Waals surface area contributed by atoms with Gasteiger partial charge >= 0.3 is 0 Å². The van der Waals surface area contributed by atoms with E-state index in [4.69, 9.17) is 0 Å². The van der Waals surface area contributed by atoms with E-state index in [1.54, 1.807) is 30.6 Å². The number of halogens is 2. The third kappa shape index (κ3) is 5.95. The summed E-state index contributed by atoms with van der Waals surface area (Å²) in [6.45, 7) is 0.441. The number of hydrazone groups is 1. The van der Waals surface area contributed by atoms with Gasteiger partial charge in [-0.25, -0.2) is 8.78 Å². The van der Waals surface area contributed by atoms with Gasteiger partial charge in [-0.2, -0.15) is 5.10 Å². The molecule has 0 atom stereocenters. The van der Waals surface area contributed by atoms with Gasteiger partial charge in [0, 0.05) is 6.21 Å². The van der Waals surface area contributed by atoms with E-state index < -0.39 is 0 Å². The Balaban J connectivity index is 1.34. The molecule has 5 heteroatoms. The first-order valence-corrected chi connectivity index (χ1v) is 10.2. The smallest absolute Gasteiger partial charge is 0.125 e. The van der Waals surface area contributed by atoms with E-state index >= 15 is 0 Å². The summed E-state index contributed by atoms with van der Waals surface area (Å²) >= 11 is 0. The maximum Gasteiger partial charge on any atom is 0.125 e. The van der Waals surface area contributed by atoms with Crippen molar-refractivity contribution < 1.29 is 8.78 Å². The zero-order chi connectivity index (χ0) is 22.2. The van der Waals surface area contributed by atoms with Crippen LogP contribution in [0, 0.1) is 11.6 Å². The van der Waals surface area contributed by atoms with E-state index in [9.17, 15) is 8.78 Å². The van der Waals surface area contributed by atoms with E-state index in [-0.39, 0.29) is 11.6 Å². The molecule has 0 saturated carbocycles. The normalized spacial score (nSPS) is 11.3. The molecule has 3 nitrogen and oxygen atoms in total. The first kappa shape index (κ1) is 21.1. The van der Waals surface area contributed by atoms with Crippen molar-refractivity contribution >= 4 is 18.1 Å². The average molecular weight is 425 g/mol. The van der Waals surface area contributed by atoms with Crippen molar-refractivity contribution in [1.82, 2.24) is 0 Å². The Hall–Kier alpha value is -4.12. The summed E-state index contributed by atoms with van der Waals surface area (Å²) in [5, 5.41) is 4.15. The molecule has 32 heavy (non-hydrogen) atoms. The molecule has 158 valence electrons. The van der Waals surface area contributed by atoms with Crippen LogP contribution in [0.3, 0.4) is 0 Å². The molecule has 0 radical (unpaired) electrons. The first-order chi connectivity index (χ1) is 15.7. The SMILES string of the molecule is Fc1cccc(CN=Cc2ccc(-c3ccc(/C=N/Nc4cccc(F)c4)cc3)cc2)c1. The Kier molecular flexibility index (Phi) is 6.78.